The van der Waals surface area contributed by atoms with E-state index in [1.165, 1.54) is 0 Å². The van der Waals surface area contributed by atoms with E-state index in [4.69, 9.17) is 4.74 Å². The zero-order valence-corrected chi connectivity index (χ0v) is 10.5. The van der Waals surface area contributed by atoms with Gasteiger partial charge in [0.05, 0.1) is 47.0 Å². The zero-order chi connectivity index (χ0) is 10.3. The zero-order valence-electron chi connectivity index (χ0n) is 9.79. The summed E-state index contributed by atoms with van der Waals surface area (Å²) in [6.07, 6.45) is 1.54. The second-order valence-electron chi connectivity index (χ2n) is 4.50. The third-order valence-corrected chi connectivity index (χ3v) is 1.90. The lowest BCUT2D eigenvalue weighted by Crippen LogP contribution is -3.00. The molecule has 0 aliphatic rings. The third kappa shape index (κ3) is 12.2. The second kappa shape index (κ2) is 8.48. The number of hydrogen-bond donors (Lipinski definition) is 1. The summed E-state index contributed by atoms with van der Waals surface area (Å²) in [5.41, 5.74) is 0. The highest BCUT2D eigenvalue weighted by Gasteiger charge is 2.06. The fraction of sp³-hybridized carbons (Fsp3) is 1.00. The molecule has 1 N–H and O–H groups in total. The van der Waals surface area contributed by atoms with Gasteiger partial charge in [-0.2, -0.15) is 0 Å². The number of nitrogens with zero attached hydrogens (tertiary/aromatic N) is 1. The first-order valence-corrected chi connectivity index (χ1v) is 5.02. The number of halogens is 1. The summed E-state index contributed by atoms with van der Waals surface area (Å²) < 4.78 is 6.29. The van der Waals surface area contributed by atoms with E-state index in [0.717, 1.165) is 30.5 Å². The number of aliphatic hydroxyl groups excluding tert-OH is 1. The fourth-order valence-corrected chi connectivity index (χ4v) is 0.978. The first kappa shape index (κ1) is 16.6. The van der Waals surface area contributed by atoms with Crippen molar-refractivity contribution in [3.05, 3.63) is 0 Å². The molecule has 1 atom stereocenters. The van der Waals surface area contributed by atoms with Crippen molar-refractivity contribution in [1.29, 1.82) is 0 Å². The molecule has 14 heavy (non-hydrogen) atoms. The maximum atomic E-state index is 9.19. The summed E-state index contributed by atoms with van der Waals surface area (Å²) in [5, 5.41) is 9.19. The van der Waals surface area contributed by atoms with E-state index < -0.39 is 0 Å². The molecular weight excluding hydrogens is 202 g/mol. The van der Waals surface area contributed by atoms with Crippen molar-refractivity contribution in [2.75, 3.05) is 40.9 Å². The van der Waals surface area contributed by atoms with Gasteiger partial charge in [-0.05, 0) is 6.42 Å². The first-order valence-electron chi connectivity index (χ1n) is 5.02. The summed E-state index contributed by atoms with van der Waals surface area (Å²) in [6.45, 7) is 4.31. The van der Waals surface area contributed by atoms with Crippen LogP contribution in [0.4, 0.5) is 0 Å². The molecule has 0 spiro atoms. The lowest BCUT2D eigenvalue weighted by atomic mass is 10.3. The van der Waals surface area contributed by atoms with Gasteiger partial charge < -0.3 is 26.7 Å². The van der Waals surface area contributed by atoms with Gasteiger partial charge in [0.25, 0.3) is 0 Å². The van der Waals surface area contributed by atoms with E-state index in [2.05, 4.69) is 21.1 Å². The van der Waals surface area contributed by atoms with Crippen molar-refractivity contribution in [1.82, 2.24) is 0 Å². The Balaban J connectivity index is 0. The van der Waals surface area contributed by atoms with Crippen LogP contribution in [0.15, 0.2) is 0 Å². The number of hydrogen-bond acceptors (Lipinski definition) is 2. The van der Waals surface area contributed by atoms with Crippen molar-refractivity contribution in [2.45, 2.75) is 25.9 Å². The smallest absolute Gasteiger partial charge is 0.0802 e. The molecule has 4 heteroatoms. The molecule has 0 radical (unpaired) electrons. The summed E-state index contributed by atoms with van der Waals surface area (Å²) in [6, 6.07) is 0. The van der Waals surface area contributed by atoms with E-state index in [1.807, 2.05) is 6.92 Å². The van der Waals surface area contributed by atoms with E-state index in [0.29, 0.717) is 6.61 Å². The number of aliphatic hydroxyl groups is 1. The second-order valence-corrected chi connectivity index (χ2v) is 4.50. The van der Waals surface area contributed by atoms with Crippen molar-refractivity contribution < 1.29 is 26.7 Å². The molecular formula is C10H24ClNO2. The highest BCUT2D eigenvalue weighted by molar-refractivity contribution is 4.48. The molecule has 0 aliphatic carbocycles. The molecule has 3 nitrogen and oxygen atoms in total. The van der Waals surface area contributed by atoms with Crippen molar-refractivity contribution in [2.24, 2.45) is 0 Å². The molecule has 0 saturated carbocycles. The molecule has 0 aromatic carbocycles. The van der Waals surface area contributed by atoms with Gasteiger partial charge in [-0.25, -0.2) is 0 Å². The van der Waals surface area contributed by atoms with Gasteiger partial charge in [-0.1, -0.05) is 6.92 Å². The molecule has 0 aromatic rings. The quantitative estimate of drug-likeness (QED) is 0.397. The minimum absolute atomic E-state index is 0. The van der Waals surface area contributed by atoms with Crippen LogP contribution in [-0.2, 0) is 4.74 Å². The van der Waals surface area contributed by atoms with Gasteiger partial charge in [0.15, 0.2) is 0 Å². The normalized spacial score (nSPS) is 13.5. The van der Waals surface area contributed by atoms with Gasteiger partial charge in [0.2, 0.25) is 0 Å². The molecule has 1 unspecified atom stereocenters. The van der Waals surface area contributed by atoms with Crippen LogP contribution in [0, 0.1) is 0 Å². The number of ether oxygens (including phenoxy) is 1. The molecule has 0 bridgehead atoms. The van der Waals surface area contributed by atoms with Crippen LogP contribution in [0.3, 0.4) is 0 Å². The Labute approximate surface area is 94.1 Å². The van der Waals surface area contributed by atoms with Crippen LogP contribution in [-0.4, -0.2) is 56.6 Å². The molecule has 0 aromatic heterocycles. The summed E-state index contributed by atoms with van der Waals surface area (Å²) in [5.74, 6) is 0. The topological polar surface area (TPSA) is 29.5 Å². The Morgan fingerprint density at radius 1 is 1.29 bits per heavy atom. The lowest BCUT2D eigenvalue weighted by Gasteiger charge is -2.23. The van der Waals surface area contributed by atoms with Crippen LogP contribution in [0.1, 0.15) is 19.8 Å². The molecule has 0 heterocycles. The summed E-state index contributed by atoms with van der Waals surface area (Å²) >= 11 is 0. The molecule has 88 valence electrons. The van der Waals surface area contributed by atoms with E-state index in [-0.39, 0.29) is 18.5 Å². The molecule has 0 amide bonds. The van der Waals surface area contributed by atoms with Crippen LogP contribution in [0.5, 0.6) is 0 Å². The van der Waals surface area contributed by atoms with E-state index >= 15 is 0 Å². The lowest BCUT2D eigenvalue weighted by molar-refractivity contribution is -0.870. The standard InChI is InChI=1S/C10H24NO2.ClH/c1-5-10(12)9-13-8-6-7-11(2,3)4;/h10,12H,5-9H2,1-4H3;1H/q+1;/p-1. The average Bonchev–Trinajstić information content (AvgIpc) is 2.01. The van der Waals surface area contributed by atoms with Gasteiger partial charge in [0.1, 0.15) is 0 Å². The van der Waals surface area contributed by atoms with Crippen molar-refractivity contribution in [3.8, 4) is 0 Å². The predicted molar refractivity (Wildman–Crippen MR) is 54.6 cm³/mol. The van der Waals surface area contributed by atoms with Crippen LogP contribution in [0.2, 0.25) is 0 Å². The predicted octanol–water partition coefficient (Wildman–Crippen LogP) is -2.13. The maximum Gasteiger partial charge on any atom is 0.0802 e. The summed E-state index contributed by atoms with van der Waals surface area (Å²) in [4.78, 5) is 0. The molecule has 0 fully saturated rings. The van der Waals surface area contributed by atoms with Crippen LogP contribution in [0.25, 0.3) is 0 Å². The molecule has 0 saturated heterocycles. The Morgan fingerprint density at radius 2 is 1.86 bits per heavy atom. The van der Waals surface area contributed by atoms with Crippen molar-refractivity contribution in [3.63, 3.8) is 0 Å². The van der Waals surface area contributed by atoms with Crippen LogP contribution < -0.4 is 12.4 Å². The Morgan fingerprint density at radius 3 is 2.29 bits per heavy atom. The fourth-order valence-electron chi connectivity index (χ4n) is 0.978. The van der Waals surface area contributed by atoms with E-state index in [1.54, 1.807) is 0 Å². The summed E-state index contributed by atoms with van der Waals surface area (Å²) in [7, 11) is 6.50. The highest BCUT2D eigenvalue weighted by Crippen LogP contribution is 1.96. The SMILES string of the molecule is CCC(O)COCCC[N+](C)(C)C.[Cl-]. The van der Waals surface area contributed by atoms with Crippen molar-refractivity contribution >= 4 is 0 Å². The Hall–Kier alpha value is 0.170. The van der Waals surface area contributed by atoms with Gasteiger partial charge in [-0.15, -0.1) is 0 Å². The minimum atomic E-state index is -0.288. The monoisotopic (exact) mass is 225 g/mol. The largest absolute Gasteiger partial charge is 1.00 e. The number of quaternary nitrogens is 1. The van der Waals surface area contributed by atoms with Gasteiger partial charge in [0, 0.05) is 6.42 Å². The van der Waals surface area contributed by atoms with Crippen LogP contribution >= 0.6 is 0 Å². The highest BCUT2D eigenvalue weighted by atomic mass is 35.5. The van der Waals surface area contributed by atoms with Gasteiger partial charge >= 0.3 is 0 Å². The molecule has 0 aliphatic heterocycles. The third-order valence-electron chi connectivity index (χ3n) is 1.90. The molecule has 0 rings (SSSR count). The first-order chi connectivity index (χ1) is 5.95. The Bertz CT molecular complexity index is 126. The van der Waals surface area contributed by atoms with E-state index in [9.17, 15) is 5.11 Å². The van der Waals surface area contributed by atoms with Gasteiger partial charge in [-0.3, -0.25) is 0 Å². The average molecular weight is 226 g/mol. The maximum absolute atomic E-state index is 9.19. The Kier molecular flexibility index (Phi) is 10.0. The minimum Gasteiger partial charge on any atom is -1.00 e. The number of rotatable bonds is 7.